The SMILES string of the molecule is CN(c1nc2nnc(-c3cc(F)c(-c4cn[nH]c4F)cc3F)cc2s1)C1CCNCC1.O=CO. The number of nitrogens with zero attached hydrogens (tertiary/aromatic N) is 5. The number of hydrogen-bond acceptors (Lipinski definition) is 8. The molecule has 1 aliphatic rings. The van der Waals surface area contributed by atoms with E-state index in [9.17, 15) is 13.2 Å². The van der Waals surface area contributed by atoms with Crippen molar-refractivity contribution in [2.75, 3.05) is 25.0 Å². The van der Waals surface area contributed by atoms with Gasteiger partial charge in [-0.15, -0.1) is 10.2 Å². The first-order valence-corrected chi connectivity index (χ1v) is 11.1. The van der Waals surface area contributed by atoms with E-state index in [1.807, 2.05) is 7.05 Å². The van der Waals surface area contributed by atoms with E-state index in [4.69, 9.17) is 9.90 Å². The van der Waals surface area contributed by atoms with Crippen molar-refractivity contribution in [1.82, 2.24) is 30.7 Å². The van der Waals surface area contributed by atoms with Crippen molar-refractivity contribution in [1.29, 1.82) is 0 Å². The quantitative estimate of drug-likeness (QED) is 0.372. The summed E-state index contributed by atoms with van der Waals surface area (Å²) in [6, 6.07) is 3.97. The van der Waals surface area contributed by atoms with Crippen molar-refractivity contribution in [2.24, 2.45) is 0 Å². The van der Waals surface area contributed by atoms with Crippen LogP contribution in [0.3, 0.4) is 0 Å². The van der Waals surface area contributed by atoms with Crippen LogP contribution < -0.4 is 10.2 Å². The molecular weight excluding hydrogens is 471 g/mol. The van der Waals surface area contributed by atoms with Crippen LogP contribution >= 0.6 is 11.3 Å². The van der Waals surface area contributed by atoms with Gasteiger partial charge in [-0.25, -0.2) is 8.78 Å². The first-order valence-electron chi connectivity index (χ1n) is 10.3. The normalized spacial score (nSPS) is 14.0. The van der Waals surface area contributed by atoms with Crippen molar-refractivity contribution < 1.29 is 23.1 Å². The van der Waals surface area contributed by atoms with Crippen LogP contribution in [0.15, 0.2) is 24.4 Å². The highest BCUT2D eigenvalue weighted by atomic mass is 32.1. The number of H-pyrrole nitrogens is 1. The summed E-state index contributed by atoms with van der Waals surface area (Å²) in [5.41, 5.74) is 0.231. The number of carbonyl (C=O) groups is 1. The minimum atomic E-state index is -0.831. The number of nitrogens with one attached hydrogen (secondary N) is 2. The average Bonchev–Trinajstić information content (AvgIpc) is 3.46. The molecule has 178 valence electrons. The summed E-state index contributed by atoms with van der Waals surface area (Å²) < 4.78 is 43.9. The Bertz CT molecular complexity index is 1310. The second kappa shape index (κ2) is 10.1. The highest BCUT2D eigenvalue weighted by molar-refractivity contribution is 7.22. The number of hydrogen-bond donors (Lipinski definition) is 3. The molecule has 1 aromatic carbocycles. The van der Waals surface area contributed by atoms with Crippen molar-refractivity contribution in [2.45, 2.75) is 18.9 Å². The molecule has 0 bridgehead atoms. The maximum atomic E-state index is 14.8. The number of piperidine rings is 1. The summed E-state index contributed by atoms with van der Waals surface area (Å²) in [5, 5.41) is 24.8. The fraction of sp³-hybridized carbons (Fsp3) is 0.286. The third-order valence-corrected chi connectivity index (χ3v) is 6.60. The molecule has 1 aliphatic heterocycles. The lowest BCUT2D eigenvalue weighted by molar-refractivity contribution is -0.122. The summed E-state index contributed by atoms with van der Waals surface area (Å²) in [6.45, 7) is 1.68. The number of rotatable bonds is 4. The zero-order valence-electron chi connectivity index (χ0n) is 17.9. The van der Waals surface area contributed by atoms with Gasteiger partial charge in [-0.3, -0.25) is 9.89 Å². The molecule has 1 fully saturated rings. The molecule has 4 heterocycles. The summed E-state index contributed by atoms with van der Waals surface area (Å²) >= 11 is 1.43. The molecule has 3 aromatic heterocycles. The van der Waals surface area contributed by atoms with E-state index in [0.29, 0.717) is 11.7 Å². The van der Waals surface area contributed by atoms with Gasteiger partial charge in [-0.1, -0.05) is 11.3 Å². The van der Waals surface area contributed by atoms with Gasteiger partial charge in [0.2, 0.25) is 5.95 Å². The monoisotopic (exact) mass is 491 g/mol. The largest absolute Gasteiger partial charge is 0.483 e. The predicted molar refractivity (Wildman–Crippen MR) is 121 cm³/mol. The Morgan fingerprint density at radius 3 is 2.44 bits per heavy atom. The smallest absolute Gasteiger partial charge is 0.290 e. The summed E-state index contributed by atoms with van der Waals surface area (Å²) in [7, 11) is 2.00. The topological polar surface area (TPSA) is 120 Å². The molecule has 34 heavy (non-hydrogen) atoms. The highest BCUT2D eigenvalue weighted by Crippen LogP contribution is 2.34. The lowest BCUT2D eigenvalue weighted by Gasteiger charge is -2.31. The number of benzene rings is 1. The van der Waals surface area contributed by atoms with Crippen LogP contribution in [0.1, 0.15) is 12.8 Å². The minimum absolute atomic E-state index is 0.0544. The van der Waals surface area contributed by atoms with Gasteiger partial charge in [0, 0.05) is 24.2 Å². The highest BCUT2D eigenvalue weighted by Gasteiger charge is 2.22. The molecule has 9 nitrogen and oxygen atoms in total. The second-order valence-electron chi connectivity index (χ2n) is 7.52. The van der Waals surface area contributed by atoms with E-state index in [-0.39, 0.29) is 28.9 Å². The Morgan fingerprint density at radius 2 is 1.76 bits per heavy atom. The van der Waals surface area contributed by atoms with E-state index in [1.165, 1.54) is 11.3 Å². The maximum Gasteiger partial charge on any atom is 0.290 e. The fourth-order valence-corrected chi connectivity index (χ4v) is 4.74. The number of fused-ring (bicyclic) bond motifs is 1. The molecule has 3 N–H and O–H groups in total. The van der Waals surface area contributed by atoms with E-state index < -0.39 is 17.6 Å². The number of aromatic nitrogens is 5. The number of thiazole rings is 1. The van der Waals surface area contributed by atoms with Gasteiger partial charge >= 0.3 is 0 Å². The van der Waals surface area contributed by atoms with Crippen LogP contribution in [0.25, 0.3) is 32.7 Å². The summed E-state index contributed by atoms with van der Waals surface area (Å²) in [6.07, 6.45) is 3.16. The molecule has 5 rings (SSSR count). The van der Waals surface area contributed by atoms with Crippen LogP contribution in [0.2, 0.25) is 0 Å². The molecular formula is C21H20F3N7O2S. The van der Waals surface area contributed by atoms with Gasteiger partial charge < -0.3 is 15.3 Å². The Hall–Kier alpha value is -3.58. The number of aromatic amines is 1. The summed E-state index contributed by atoms with van der Waals surface area (Å²) in [4.78, 5) is 15.1. The van der Waals surface area contributed by atoms with E-state index >= 15 is 0 Å². The Morgan fingerprint density at radius 1 is 1.09 bits per heavy atom. The maximum absolute atomic E-state index is 14.8. The third kappa shape index (κ3) is 4.70. The van der Waals surface area contributed by atoms with Gasteiger partial charge in [0.25, 0.3) is 6.47 Å². The molecule has 0 saturated carbocycles. The third-order valence-electron chi connectivity index (χ3n) is 5.52. The molecule has 4 aromatic rings. The molecule has 0 unspecified atom stereocenters. The van der Waals surface area contributed by atoms with E-state index in [2.05, 4.69) is 35.6 Å². The van der Waals surface area contributed by atoms with Crippen LogP contribution in [0.5, 0.6) is 0 Å². The molecule has 0 atom stereocenters. The van der Waals surface area contributed by atoms with Crippen molar-refractivity contribution in [3.05, 3.63) is 42.0 Å². The average molecular weight is 491 g/mol. The van der Waals surface area contributed by atoms with E-state index in [1.54, 1.807) is 6.07 Å². The van der Waals surface area contributed by atoms with Gasteiger partial charge in [0.1, 0.15) is 11.6 Å². The number of anilines is 1. The van der Waals surface area contributed by atoms with Gasteiger partial charge in [-0.2, -0.15) is 14.5 Å². The van der Waals surface area contributed by atoms with Crippen molar-refractivity contribution in [3.63, 3.8) is 0 Å². The molecule has 0 spiro atoms. The molecule has 13 heteroatoms. The van der Waals surface area contributed by atoms with Crippen LogP contribution in [-0.4, -0.2) is 63.1 Å². The first-order chi connectivity index (χ1) is 16.4. The number of halogens is 3. The minimum Gasteiger partial charge on any atom is -0.483 e. The van der Waals surface area contributed by atoms with Gasteiger partial charge in [-0.05, 0) is 44.1 Å². The van der Waals surface area contributed by atoms with Crippen LogP contribution in [-0.2, 0) is 4.79 Å². The number of carboxylic acid groups (broad SMARTS) is 1. The van der Waals surface area contributed by atoms with Crippen LogP contribution in [0, 0.1) is 17.6 Å². The second-order valence-corrected chi connectivity index (χ2v) is 8.53. The molecule has 0 radical (unpaired) electrons. The Balaban J connectivity index is 0.000000868. The molecule has 0 aliphatic carbocycles. The standard InChI is InChI=1S/C20H18F3N7S.CH2O2/c1-30(10-2-4-24-5-3-10)20-26-19-17(31-20)8-16(27-29-19)12-7-14(21)11(6-15(12)22)13-9-25-28-18(13)23;2-1-3/h6-10,24H,2-5H2,1H3,(H,25,28);1H,(H,2,3). The first kappa shape index (κ1) is 23.6. The zero-order chi connectivity index (χ0) is 24.2. The van der Waals surface area contributed by atoms with E-state index in [0.717, 1.165) is 54.1 Å². The van der Waals surface area contributed by atoms with Crippen LogP contribution in [0.4, 0.5) is 18.3 Å². The predicted octanol–water partition coefficient (Wildman–Crippen LogP) is 3.45. The lowest BCUT2D eigenvalue weighted by atomic mass is 10.0. The Labute approximate surface area is 195 Å². The molecule has 1 saturated heterocycles. The lowest BCUT2D eigenvalue weighted by Crippen LogP contribution is -2.41. The fourth-order valence-electron chi connectivity index (χ4n) is 3.77. The molecule has 0 amide bonds. The summed E-state index contributed by atoms with van der Waals surface area (Å²) in [5.74, 6) is -2.35. The van der Waals surface area contributed by atoms with Gasteiger partial charge in [0.05, 0.1) is 22.2 Å². The van der Waals surface area contributed by atoms with Crippen molar-refractivity contribution in [3.8, 4) is 22.4 Å². The zero-order valence-corrected chi connectivity index (χ0v) is 18.7. The Kier molecular flexibility index (Phi) is 7.03. The van der Waals surface area contributed by atoms with Gasteiger partial charge in [0.15, 0.2) is 10.8 Å². The van der Waals surface area contributed by atoms with Crippen molar-refractivity contribution >= 4 is 33.3 Å².